The van der Waals surface area contributed by atoms with Gasteiger partial charge in [-0.05, 0) is 0 Å². The molecule has 4 aromatic carbocycles. The van der Waals surface area contributed by atoms with Gasteiger partial charge < -0.3 is 24.8 Å². The summed E-state index contributed by atoms with van der Waals surface area (Å²) >= 11 is -2.87. The zero-order valence-corrected chi connectivity index (χ0v) is 32.0. The first-order valence-corrected chi connectivity index (χ1v) is 22.5. The van der Waals surface area contributed by atoms with E-state index in [1.54, 1.807) is 22.3 Å². The van der Waals surface area contributed by atoms with Crippen LogP contribution >= 0.6 is 0 Å². The molecule has 232 valence electrons. The second-order valence-corrected chi connectivity index (χ2v) is 27.0. The zero-order valence-electron chi connectivity index (χ0n) is 28.1. The van der Waals surface area contributed by atoms with Crippen molar-refractivity contribution >= 4 is 12.2 Å². The molecule has 0 nitrogen and oxygen atoms in total. The molecule has 2 atom stereocenters. The summed E-state index contributed by atoms with van der Waals surface area (Å²) < 4.78 is 4.21. The standard InChI is InChI=1S/2C20H21.C2H4.2ClH.Zr/c2*1-14-8-10-15(11-9-14)18-7-5-6-16-12-17(13-19(16)18)20(2,3)4;1-2;;;/h2*5-13H,1-4H3;1-2H2;2*1H;/q;;;;;+2/p-2. The smallest absolute Gasteiger partial charge is 1.00 e. The molecule has 1 saturated heterocycles. The largest absolute Gasteiger partial charge is 1.00 e. The van der Waals surface area contributed by atoms with Crippen LogP contribution in [0.3, 0.4) is 0 Å². The summed E-state index contributed by atoms with van der Waals surface area (Å²) in [7, 11) is 0. The number of allylic oxidation sites excluding steroid dienone is 2. The minimum Gasteiger partial charge on any atom is -1.00 e. The maximum absolute atomic E-state index is 2.87. The van der Waals surface area contributed by atoms with Crippen molar-refractivity contribution in [2.75, 3.05) is 0 Å². The van der Waals surface area contributed by atoms with Gasteiger partial charge in [0.05, 0.1) is 0 Å². The van der Waals surface area contributed by atoms with Gasteiger partial charge in [0.1, 0.15) is 0 Å². The fourth-order valence-corrected chi connectivity index (χ4v) is 26.6. The molecule has 1 aliphatic heterocycles. The van der Waals surface area contributed by atoms with Crippen LogP contribution in [-0.4, -0.2) is 0 Å². The molecule has 0 radical (unpaired) electrons. The number of aryl methyl sites for hydroxylation is 2. The number of hydrogen-bond donors (Lipinski definition) is 0. The van der Waals surface area contributed by atoms with Crippen LogP contribution in [0.15, 0.2) is 96.1 Å². The van der Waals surface area contributed by atoms with Crippen molar-refractivity contribution in [1.82, 2.24) is 0 Å². The van der Waals surface area contributed by atoms with Crippen LogP contribution in [0.4, 0.5) is 0 Å². The molecule has 45 heavy (non-hydrogen) atoms. The van der Waals surface area contributed by atoms with Gasteiger partial charge >= 0.3 is 266 Å². The second kappa shape index (κ2) is 12.1. The average Bonchev–Trinajstić information content (AvgIpc) is 3.45. The molecule has 2 unspecified atom stereocenters. The molecule has 0 bridgehead atoms. The minimum absolute atomic E-state index is 0. The summed E-state index contributed by atoms with van der Waals surface area (Å²) in [5.41, 5.74) is 18.1. The van der Waals surface area contributed by atoms with Crippen LogP contribution in [0.2, 0.25) is 8.26 Å². The predicted octanol–water partition coefficient (Wildman–Crippen LogP) is 6.32. The Morgan fingerprint density at radius 1 is 0.511 bits per heavy atom. The van der Waals surface area contributed by atoms with Crippen molar-refractivity contribution in [3.63, 3.8) is 0 Å². The molecule has 1 fully saturated rings. The first-order chi connectivity index (χ1) is 20.4. The molecule has 4 aromatic rings. The maximum atomic E-state index is 2.64. The van der Waals surface area contributed by atoms with E-state index in [0.717, 1.165) is 0 Å². The maximum Gasteiger partial charge on any atom is -1.00 e. The van der Waals surface area contributed by atoms with Gasteiger partial charge in [-0.2, -0.15) is 0 Å². The molecular formula is C42H46Cl2Zr. The summed E-state index contributed by atoms with van der Waals surface area (Å²) in [6, 6.07) is 32.7. The van der Waals surface area contributed by atoms with Gasteiger partial charge in [-0.15, -0.1) is 0 Å². The Morgan fingerprint density at radius 2 is 0.867 bits per heavy atom. The third-order valence-corrected chi connectivity index (χ3v) is 23.3. The van der Waals surface area contributed by atoms with Gasteiger partial charge in [-0.1, -0.05) is 0 Å². The summed E-state index contributed by atoms with van der Waals surface area (Å²) in [4.78, 5) is 0. The first-order valence-electron chi connectivity index (χ1n) is 16.2. The summed E-state index contributed by atoms with van der Waals surface area (Å²) in [6.45, 7) is 19.1. The van der Waals surface area contributed by atoms with Crippen molar-refractivity contribution in [3.8, 4) is 22.3 Å². The molecular weight excluding hydrogens is 667 g/mol. The van der Waals surface area contributed by atoms with Gasteiger partial charge in [0.2, 0.25) is 0 Å². The molecule has 2 aliphatic carbocycles. The Hall–Kier alpha value is -2.18. The zero-order chi connectivity index (χ0) is 30.3. The van der Waals surface area contributed by atoms with Gasteiger partial charge in [-0.3, -0.25) is 0 Å². The molecule has 3 heteroatoms. The number of rotatable bonds is 4. The fourth-order valence-electron chi connectivity index (χ4n) is 8.20. The third kappa shape index (κ3) is 5.81. The Bertz CT molecular complexity index is 1660. The van der Waals surface area contributed by atoms with E-state index in [-0.39, 0.29) is 35.6 Å². The normalized spacial score (nSPS) is 18.8. The number of halogens is 2. The summed E-state index contributed by atoms with van der Waals surface area (Å²) in [5, 5.41) is 0. The van der Waals surface area contributed by atoms with E-state index in [2.05, 4.69) is 152 Å². The van der Waals surface area contributed by atoms with E-state index in [9.17, 15) is 0 Å². The topological polar surface area (TPSA) is 0 Å². The monoisotopic (exact) mass is 710 g/mol. The molecule has 1 heterocycles. The predicted molar refractivity (Wildman–Crippen MR) is 183 cm³/mol. The molecule has 0 aromatic heterocycles. The van der Waals surface area contributed by atoms with Crippen LogP contribution in [0.1, 0.15) is 82.2 Å². The molecule has 0 saturated carbocycles. The van der Waals surface area contributed by atoms with Gasteiger partial charge in [0.15, 0.2) is 0 Å². The summed E-state index contributed by atoms with van der Waals surface area (Å²) in [6.07, 6.45) is 5.29. The Morgan fingerprint density at radius 3 is 1.18 bits per heavy atom. The molecule has 0 amide bonds. The number of benzene rings is 4. The minimum atomic E-state index is -2.87. The van der Waals surface area contributed by atoms with Crippen LogP contribution in [-0.2, 0) is 20.3 Å². The van der Waals surface area contributed by atoms with Gasteiger partial charge in [0, 0.05) is 0 Å². The van der Waals surface area contributed by atoms with Gasteiger partial charge in [-0.25, -0.2) is 0 Å². The van der Waals surface area contributed by atoms with E-state index >= 15 is 0 Å². The molecule has 0 N–H and O–H groups in total. The van der Waals surface area contributed by atoms with Crippen LogP contribution in [0.25, 0.3) is 34.4 Å². The van der Waals surface area contributed by atoms with Crippen molar-refractivity contribution in [2.45, 2.75) is 70.9 Å². The van der Waals surface area contributed by atoms with E-state index < -0.39 is 20.3 Å². The third-order valence-electron chi connectivity index (χ3n) is 10.6. The molecule has 7 rings (SSSR count). The van der Waals surface area contributed by atoms with E-state index in [1.165, 1.54) is 52.8 Å². The molecule has 3 aliphatic rings. The van der Waals surface area contributed by atoms with Crippen molar-refractivity contribution in [1.29, 1.82) is 0 Å². The number of hydrogen-bond acceptors (Lipinski definition) is 0. The Kier molecular flexibility index (Phi) is 9.20. The van der Waals surface area contributed by atoms with Crippen molar-refractivity contribution in [2.24, 2.45) is 10.8 Å². The summed E-state index contributed by atoms with van der Waals surface area (Å²) in [5.74, 6) is 0. The van der Waals surface area contributed by atoms with Crippen molar-refractivity contribution < 1.29 is 45.1 Å². The fraction of sp³-hybridized carbons (Fsp3) is 0.333. The van der Waals surface area contributed by atoms with Crippen LogP contribution in [0, 0.1) is 24.7 Å². The van der Waals surface area contributed by atoms with Crippen molar-refractivity contribution in [3.05, 3.63) is 129 Å². The van der Waals surface area contributed by atoms with Gasteiger partial charge in [0.25, 0.3) is 0 Å². The van der Waals surface area contributed by atoms with Crippen LogP contribution < -0.4 is 24.8 Å². The SMILES string of the molecule is Cc1ccc(-c2cccc3c2C=C(C(C)(C)C)[CH]3[Zr+2]2([CH]3C(C(C)(C)C)=Cc4c(-c5ccc(C)cc5)cccc43)[CH2][CH2]2)cc1.[Cl-].[Cl-]. The first kappa shape index (κ1) is 34.2. The van der Waals surface area contributed by atoms with E-state index in [0.29, 0.717) is 7.25 Å². The quantitative estimate of drug-likeness (QED) is 0.233. The average molecular weight is 713 g/mol. The van der Waals surface area contributed by atoms with E-state index in [1.807, 2.05) is 0 Å². The van der Waals surface area contributed by atoms with E-state index in [4.69, 9.17) is 0 Å². The molecule has 0 spiro atoms. The van der Waals surface area contributed by atoms with Crippen LogP contribution in [0.5, 0.6) is 0 Å². The Balaban J connectivity index is 0.00000200. The second-order valence-electron chi connectivity index (χ2n) is 15.6. The number of fused-ring (bicyclic) bond motifs is 2. The Labute approximate surface area is 288 Å².